The summed E-state index contributed by atoms with van der Waals surface area (Å²) in [5, 5.41) is 9.16. The summed E-state index contributed by atoms with van der Waals surface area (Å²) in [5.74, 6) is 0. The number of sulfonamides is 1. The summed E-state index contributed by atoms with van der Waals surface area (Å²) in [6.45, 7) is 1.92. The van der Waals surface area contributed by atoms with E-state index in [9.17, 15) is 8.42 Å². The van der Waals surface area contributed by atoms with Crippen LogP contribution in [0.25, 0.3) is 0 Å². The zero-order chi connectivity index (χ0) is 13.9. The standard InChI is InChI=1S/C14H21NO3S/c1-12-5-4-8-14(11-12)19(17,18)15(9-10-16)13-6-2-3-7-13/h4-5,8,11,13,16H,2-3,6-7,9-10H2,1H3. The normalized spacial score (nSPS) is 17.2. The number of aryl methyl sites for hydroxylation is 1. The number of aliphatic hydroxyl groups is 1. The highest BCUT2D eigenvalue weighted by atomic mass is 32.2. The molecular weight excluding hydrogens is 262 g/mol. The van der Waals surface area contributed by atoms with Gasteiger partial charge in [-0.1, -0.05) is 25.0 Å². The van der Waals surface area contributed by atoms with Gasteiger partial charge in [-0.25, -0.2) is 8.42 Å². The monoisotopic (exact) mass is 283 g/mol. The maximum atomic E-state index is 12.7. The molecule has 0 saturated heterocycles. The van der Waals surface area contributed by atoms with Crippen molar-refractivity contribution >= 4 is 10.0 Å². The van der Waals surface area contributed by atoms with Gasteiger partial charge in [-0.2, -0.15) is 4.31 Å². The van der Waals surface area contributed by atoms with Crippen molar-refractivity contribution in [2.24, 2.45) is 0 Å². The van der Waals surface area contributed by atoms with Crippen LogP contribution in [0, 0.1) is 6.92 Å². The molecule has 1 N–H and O–H groups in total. The molecule has 0 amide bonds. The lowest BCUT2D eigenvalue weighted by Gasteiger charge is -2.27. The van der Waals surface area contributed by atoms with E-state index in [2.05, 4.69) is 0 Å². The van der Waals surface area contributed by atoms with Crippen LogP contribution in [0.3, 0.4) is 0 Å². The molecule has 106 valence electrons. The van der Waals surface area contributed by atoms with Crippen LogP contribution >= 0.6 is 0 Å². The van der Waals surface area contributed by atoms with Crippen LogP contribution in [0.1, 0.15) is 31.2 Å². The topological polar surface area (TPSA) is 57.6 Å². The lowest BCUT2D eigenvalue weighted by molar-refractivity contribution is 0.226. The Morgan fingerprint density at radius 2 is 2.00 bits per heavy atom. The molecule has 0 bridgehead atoms. The Balaban J connectivity index is 2.33. The Kier molecular flexibility index (Phi) is 4.60. The number of hydrogen-bond acceptors (Lipinski definition) is 3. The third-order valence-corrected chi connectivity index (χ3v) is 5.60. The molecule has 1 aliphatic carbocycles. The maximum absolute atomic E-state index is 12.7. The number of aliphatic hydroxyl groups excluding tert-OH is 1. The van der Waals surface area contributed by atoms with Crippen LogP contribution < -0.4 is 0 Å². The predicted molar refractivity (Wildman–Crippen MR) is 74.4 cm³/mol. The second-order valence-corrected chi connectivity index (χ2v) is 6.98. The molecule has 0 unspecified atom stereocenters. The van der Waals surface area contributed by atoms with Crippen LogP contribution in [0.4, 0.5) is 0 Å². The average molecular weight is 283 g/mol. The Hall–Kier alpha value is -0.910. The first-order valence-electron chi connectivity index (χ1n) is 6.75. The van der Waals surface area contributed by atoms with Crippen LogP contribution in [-0.4, -0.2) is 37.0 Å². The lowest BCUT2D eigenvalue weighted by Crippen LogP contribution is -2.40. The third-order valence-electron chi connectivity index (χ3n) is 3.65. The minimum absolute atomic E-state index is 0.0395. The smallest absolute Gasteiger partial charge is 0.243 e. The van der Waals surface area contributed by atoms with Gasteiger partial charge < -0.3 is 5.11 Å². The van der Waals surface area contributed by atoms with E-state index < -0.39 is 10.0 Å². The van der Waals surface area contributed by atoms with Gasteiger partial charge in [-0.05, 0) is 37.5 Å². The van der Waals surface area contributed by atoms with Crippen molar-refractivity contribution in [3.8, 4) is 0 Å². The molecule has 19 heavy (non-hydrogen) atoms. The lowest BCUT2D eigenvalue weighted by atomic mass is 10.2. The molecule has 0 radical (unpaired) electrons. The number of rotatable bonds is 5. The van der Waals surface area contributed by atoms with Crippen molar-refractivity contribution < 1.29 is 13.5 Å². The summed E-state index contributed by atoms with van der Waals surface area (Å²) < 4.78 is 26.8. The summed E-state index contributed by atoms with van der Waals surface area (Å²) in [5.41, 5.74) is 0.927. The fourth-order valence-corrected chi connectivity index (χ4v) is 4.48. The molecule has 0 heterocycles. The van der Waals surface area contributed by atoms with Gasteiger partial charge in [0.05, 0.1) is 11.5 Å². The molecule has 0 spiro atoms. The van der Waals surface area contributed by atoms with Gasteiger partial charge in [-0.15, -0.1) is 0 Å². The molecule has 1 saturated carbocycles. The quantitative estimate of drug-likeness (QED) is 0.898. The van der Waals surface area contributed by atoms with E-state index >= 15 is 0 Å². The molecule has 5 heteroatoms. The fourth-order valence-electron chi connectivity index (χ4n) is 2.70. The SMILES string of the molecule is Cc1cccc(S(=O)(=O)N(CCO)C2CCCC2)c1. The molecule has 1 fully saturated rings. The average Bonchev–Trinajstić information content (AvgIpc) is 2.89. The van der Waals surface area contributed by atoms with Crippen LogP contribution in [0.2, 0.25) is 0 Å². The third kappa shape index (κ3) is 3.16. The summed E-state index contributed by atoms with van der Waals surface area (Å²) in [6, 6.07) is 6.99. The van der Waals surface area contributed by atoms with Gasteiger partial charge in [0.15, 0.2) is 0 Å². The Morgan fingerprint density at radius 3 is 2.58 bits per heavy atom. The zero-order valence-electron chi connectivity index (χ0n) is 11.2. The summed E-state index contributed by atoms with van der Waals surface area (Å²) in [6.07, 6.45) is 3.92. The van der Waals surface area contributed by atoms with Crippen molar-refractivity contribution in [1.82, 2.24) is 4.31 Å². The number of hydrogen-bond donors (Lipinski definition) is 1. The Bertz CT molecular complexity index is 521. The van der Waals surface area contributed by atoms with Crippen molar-refractivity contribution in [2.45, 2.75) is 43.5 Å². The first-order valence-corrected chi connectivity index (χ1v) is 8.19. The highest BCUT2D eigenvalue weighted by Crippen LogP contribution is 2.28. The van der Waals surface area contributed by atoms with Gasteiger partial charge in [0.1, 0.15) is 0 Å². The van der Waals surface area contributed by atoms with E-state index in [-0.39, 0.29) is 19.2 Å². The van der Waals surface area contributed by atoms with Crippen LogP contribution in [0.15, 0.2) is 29.2 Å². The highest BCUT2D eigenvalue weighted by molar-refractivity contribution is 7.89. The molecule has 0 aliphatic heterocycles. The minimum Gasteiger partial charge on any atom is -0.395 e. The molecule has 0 aromatic heterocycles. The summed E-state index contributed by atoms with van der Waals surface area (Å²) in [7, 11) is -3.50. The second-order valence-electron chi connectivity index (χ2n) is 5.09. The van der Waals surface area contributed by atoms with Crippen LogP contribution in [-0.2, 0) is 10.0 Å². The predicted octanol–water partition coefficient (Wildman–Crippen LogP) is 1.92. The fraction of sp³-hybridized carbons (Fsp3) is 0.571. The zero-order valence-corrected chi connectivity index (χ0v) is 12.1. The van der Waals surface area contributed by atoms with Crippen LogP contribution in [0.5, 0.6) is 0 Å². The minimum atomic E-state index is -3.50. The first-order chi connectivity index (χ1) is 9.05. The Labute approximate surface area is 115 Å². The van der Waals surface area contributed by atoms with Gasteiger partial charge in [0.2, 0.25) is 10.0 Å². The van der Waals surface area contributed by atoms with E-state index in [1.807, 2.05) is 13.0 Å². The molecule has 1 aliphatic rings. The molecule has 1 aromatic rings. The van der Waals surface area contributed by atoms with Gasteiger partial charge in [0, 0.05) is 12.6 Å². The first kappa shape index (κ1) is 14.5. The van der Waals surface area contributed by atoms with Gasteiger partial charge in [0.25, 0.3) is 0 Å². The largest absolute Gasteiger partial charge is 0.395 e. The number of nitrogens with zero attached hydrogens (tertiary/aromatic N) is 1. The van der Waals surface area contributed by atoms with E-state index in [4.69, 9.17) is 5.11 Å². The molecule has 0 atom stereocenters. The van der Waals surface area contributed by atoms with Crippen molar-refractivity contribution in [2.75, 3.05) is 13.2 Å². The molecular formula is C14H21NO3S. The summed E-state index contributed by atoms with van der Waals surface area (Å²) in [4.78, 5) is 0.327. The van der Waals surface area contributed by atoms with Gasteiger partial charge >= 0.3 is 0 Å². The van der Waals surface area contributed by atoms with E-state index in [1.165, 1.54) is 4.31 Å². The van der Waals surface area contributed by atoms with E-state index in [0.29, 0.717) is 4.90 Å². The van der Waals surface area contributed by atoms with Gasteiger partial charge in [-0.3, -0.25) is 0 Å². The summed E-state index contributed by atoms with van der Waals surface area (Å²) >= 11 is 0. The van der Waals surface area contributed by atoms with Crippen molar-refractivity contribution in [3.05, 3.63) is 29.8 Å². The second kappa shape index (κ2) is 6.03. The van der Waals surface area contributed by atoms with Crippen molar-refractivity contribution in [1.29, 1.82) is 0 Å². The van der Waals surface area contributed by atoms with E-state index in [1.54, 1.807) is 18.2 Å². The molecule has 1 aromatic carbocycles. The Morgan fingerprint density at radius 1 is 1.32 bits per heavy atom. The molecule has 4 nitrogen and oxygen atoms in total. The maximum Gasteiger partial charge on any atom is 0.243 e. The molecule has 2 rings (SSSR count). The highest BCUT2D eigenvalue weighted by Gasteiger charge is 2.32. The van der Waals surface area contributed by atoms with E-state index in [0.717, 1.165) is 31.2 Å². The van der Waals surface area contributed by atoms with Crippen molar-refractivity contribution in [3.63, 3.8) is 0 Å². The number of benzene rings is 1.